The molecule has 176 valence electrons. The average molecular weight is 540 g/mol. The van der Waals surface area contributed by atoms with Crippen LogP contribution in [0.4, 0.5) is 0 Å². The summed E-state index contributed by atoms with van der Waals surface area (Å²) in [6, 6.07) is 31.1. The zero-order chi connectivity index (χ0) is 24.8. The van der Waals surface area contributed by atoms with E-state index in [1.54, 1.807) is 0 Å². The molecule has 0 saturated carbocycles. The van der Waals surface area contributed by atoms with Crippen molar-refractivity contribution in [3.63, 3.8) is 0 Å². The van der Waals surface area contributed by atoms with Crippen LogP contribution in [0.2, 0.25) is 0 Å². The van der Waals surface area contributed by atoms with Crippen molar-refractivity contribution < 1.29 is 19.5 Å². The smallest absolute Gasteiger partial charge is 0.657 e. The minimum absolute atomic E-state index is 0. The molecule has 0 atom stereocenters. The van der Waals surface area contributed by atoms with E-state index < -0.39 is 0 Å². The van der Waals surface area contributed by atoms with Crippen molar-refractivity contribution in [1.29, 1.82) is 0 Å². The predicted octanol–water partition coefficient (Wildman–Crippen LogP) is 7.55. The Morgan fingerprint density at radius 2 is 1.05 bits per heavy atom. The number of nitrogens with zero attached hydrogens (tertiary/aromatic N) is 4. The predicted molar refractivity (Wildman–Crippen MR) is 152 cm³/mol. The van der Waals surface area contributed by atoms with Crippen LogP contribution < -0.4 is 9.97 Å². The number of aromatic nitrogens is 4. The summed E-state index contributed by atoms with van der Waals surface area (Å²) in [5.41, 5.74) is 12.4. The van der Waals surface area contributed by atoms with Crippen molar-refractivity contribution in [1.82, 2.24) is 19.9 Å². The molecule has 8 bridgehead atoms. The van der Waals surface area contributed by atoms with Gasteiger partial charge in [-0.25, -0.2) is 9.97 Å². The van der Waals surface area contributed by atoms with Crippen LogP contribution >= 0.6 is 0 Å². The molecule has 0 amide bonds. The van der Waals surface area contributed by atoms with Crippen LogP contribution in [-0.4, -0.2) is 9.97 Å². The first-order valence-corrected chi connectivity index (χ1v) is 12.3. The maximum Gasteiger partial charge on any atom is 2.00 e. The molecule has 0 radical (unpaired) electrons. The van der Waals surface area contributed by atoms with Crippen molar-refractivity contribution in [3.8, 4) is 22.3 Å². The fourth-order valence-corrected chi connectivity index (χ4v) is 4.87. The number of rotatable bonds is 2. The molecule has 2 aromatic carbocycles. The van der Waals surface area contributed by atoms with E-state index in [1.165, 1.54) is 5.56 Å². The summed E-state index contributed by atoms with van der Waals surface area (Å²) in [6.07, 6.45) is 8.19. The van der Waals surface area contributed by atoms with E-state index >= 15 is 0 Å². The molecule has 0 saturated heterocycles. The van der Waals surface area contributed by atoms with Crippen LogP contribution in [0.15, 0.2) is 91.0 Å². The quantitative estimate of drug-likeness (QED) is 0.213. The SMILES string of the molecule is Cc1ccc(-c2c3ccc(cc4nc(c(-c5ccccc5)c5nc(cc6ccc2[n-]6)C=C5)C=C4)[n-]3)cc1.[Zn+2]. The summed E-state index contributed by atoms with van der Waals surface area (Å²) < 4.78 is 0. The van der Waals surface area contributed by atoms with Gasteiger partial charge in [-0.15, -0.1) is 22.1 Å². The Labute approximate surface area is 233 Å². The van der Waals surface area contributed by atoms with E-state index in [0.29, 0.717) is 0 Å². The third-order valence-corrected chi connectivity index (χ3v) is 6.66. The Bertz CT molecular complexity index is 1780. The van der Waals surface area contributed by atoms with Crippen LogP contribution in [0, 0.1) is 6.92 Å². The Morgan fingerprint density at radius 3 is 1.61 bits per heavy atom. The van der Waals surface area contributed by atoms with Gasteiger partial charge in [0.25, 0.3) is 0 Å². The molecule has 0 unspecified atom stereocenters. The van der Waals surface area contributed by atoms with E-state index in [9.17, 15) is 0 Å². The van der Waals surface area contributed by atoms with Gasteiger partial charge in [0.05, 0.1) is 22.8 Å². The second-order valence-corrected chi connectivity index (χ2v) is 9.29. The molecule has 5 aromatic rings. The molecule has 0 fully saturated rings. The Morgan fingerprint density at radius 1 is 0.526 bits per heavy atom. The van der Waals surface area contributed by atoms with Crippen LogP contribution in [-0.2, 0) is 19.5 Å². The summed E-state index contributed by atoms with van der Waals surface area (Å²) >= 11 is 0. The van der Waals surface area contributed by atoms with Crippen LogP contribution in [0.25, 0.3) is 68.6 Å². The van der Waals surface area contributed by atoms with Gasteiger partial charge < -0.3 is 9.97 Å². The van der Waals surface area contributed by atoms with Gasteiger partial charge in [-0.05, 0) is 47.9 Å². The Hall–Kier alpha value is -4.34. The van der Waals surface area contributed by atoms with Gasteiger partial charge in [-0.2, -0.15) is 0 Å². The molecule has 4 nitrogen and oxygen atoms in total. The first-order chi connectivity index (χ1) is 18.2. The number of fused-ring (bicyclic) bond motifs is 8. The van der Waals surface area contributed by atoms with Gasteiger partial charge in [-0.1, -0.05) is 96.6 Å². The van der Waals surface area contributed by atoms with Gasteiger partial charge in [-0.3, -0.25) is 0 Å². The first-order valence-electron chi connectivity index (χ1n) is 12.3. The molecular formula is C33H22N4Zn. The topological polar surface area (TPSA) is 54.0 Å². The van der Waals surface area contributed by atoms with E-state index in [-0.39, 0.29) is 19.5 Å². The second kappa shape index (κ2) is 9.85. The third kappa shape index (κ3) is 4.46. The first kappa shape index (κ1) is 24.0. The van der Waals surface area contributed by atoms with Crippen LogP contribution in [0.1, 0.15) is 28.3 Å². The fourth-order valence-electron chi connectivity index (χ4n) is 4.87. The van der Waals surface area contributed by atoms with Crippen molar-refractivity contribution in [2.75, 3.05) is 0 Å². The minimum Gasteiger partial charge on any atom is -0.657 e. The maximum absolute atomic E-state index is 4.97. The van der Waals surface area contributed by atoms with Crippen molar-refractivity contribution in [2.45, 2.75) is 6.92 Å². The molecule has 0 aliphatic carbocycles. The van der Waals surface area contributed by atoms with Gasteiger partial charge in [0.1, 0.15) is 0 Å². The molecule has 2 aliphatic rings. The number of hydrogen-bond donors (Lipinski definition) is 0. The molecule has 0 N–H and O–H groups in total. The van der Waals surface area contributed by atoms with Gasteiger partial charge in [0, 0.05) is 5.56 Å². The number of hydrogen-bond acceptors (Lipinski definition) is 2. The average Bonchev–Trinajstić information content (AvgIpc) is 3.72. The zero-order valence-electron chi connectivity index (χ0n) is 21.0. The molecule has 0 spiro atoms. The Balaban J connectivity index is 0.00000264. The standard InChI is InChI=1S/C33H22N4.Zn/c1-21-7-9-23(10-8-21)33-30-17-13-26(36-30)19-24-11-15-28(34-24)32(22-5-3-2-4-6-22)29-16-12-25(35-29)20-27-14-18-31(33)37-27;/h2-20H,1H3;/q-2;+2. The zero-order valence-corrected chi connectivity index (χ0v) is 23.9. The van der Waals surface area contributed by atoms with Gasteiger partial charge in [0.15, 0.2) is 0 Å². The normalized spacial score (nSPS) is 11.9. The summed E-state index contributed by atoms with van der Waals surface area (Å²) in [7, 11) is 0. The van der Waals surface area contributed by atoms with Gasteiger partial charge >= 0.3 is 19.5 Å². The largest absolute Gasteiger partial charge is 2.00 e. The minimum atomic E-state index is 0. The monoisotopic (exact) mass is 538 g/mol. The molecule has 5 heteroatoms. The molecule has 2 aliphatic heterocycles. The van der Waals surface area contributed by atoms with E-state index in [1.807, 2.05) is 54.6 Å². The second-order valence-electron chi connectivity index (χ2n) is 9.29. The molecule has 3 aromatic heterocycles. The summed E-state index contributed by atoms with van der Waals surface area (Å²) in [4.78, 5) is 19.9. The van der Waals surface area contributed by atoms with Crippen molar-refractivity contribution >= 4 is 46.4 Å². The van der Waals surface area contributed by atoms with Gasteiger partial charge in [0.2, 0.25) is 0 Å². The van der Waals surface area contributed by atoms with Crippen molar-refractivity contribution in [2.24, 2.45) is 0 Å². The fraction of sp³-hybridized carbons (Fsp3) is 0.0303. The third-order valence-electron chi connectivity index (χ3n) is 6.66. The van der Waals surface area contributed by atoms with E-state index in [2.05, 4.69) is 67.6 Å². The summed E-state index contributed by atoms with van der Waals surface area (Å²) in [6.45, 7) is 2.10. The summed E-state index contributed by atoms with van der Waals surface area (Å²) in [5, 5.41) is 0. The molecule has 38 heavy (non-hydrogen) atoms. The summed E-state index contributed by atoms with van der Waals surface area (Å²) in [5.74, 6) is 0. The Kier molecular flexibility index (Phi) is 6.23. The molecular weight excluding hydrogens is 518 g/mol. The van der Waals surface area contributed by atoms with Crippen LogP contribution in [0.5, 0.6) is 0 Å². The van der Waals surface area contributed by atoms with Crippen LogP contribution in [0.3, 0.4) is 0 Å². The molecule has 7 rings (SSSR count). The van der Waals surface area contributed by atoms with E-state index in [4.69, 9.17) is 19.9 Å². The number of aryl methyl sites for hydroxylation is 1. The van der Waals surface area contributed by atoms with E-state index in [0.717, 1.165) is 67.1 Å². The molecule has 5 heterocycles. The maximum atomic E-state index is 4.97. The number of benzene rings is 2. The van der Waals surface area contributed by atoms with Crippen molar-refractivity contribution in [3.05, 3.63) is 119 Å².